The molecule has 0 bridgehead atoms. The molecule has 1 amide bonds. The molecule has 0 aliphatic carbocycles. The third-order valence-electron chi connectivity index (χ3n) is 3.80. The number of hydrogen-bond acceptors (Lipinski definition) is 5. The van der Waals surface area contributed by atoms with Crippen molar-refractivity contribution < 1.29 is 23.8 Å². The molecule has 2 aromatic rings. The molecule has 2 aromatic carbocycles. The third-order valence-corrected chi connectivity index (χ3v) is 3.80. The molecule has 3 rings (SSSR count). The summed E-state index contributed by atoms with van der Waals surface area (Å²) in [7, 11) is 0. The van der Waals surface area contributed by atoms with Gasteiger partial charge in [-0.25, -0.2) is 0 Å². The SMILES string of the molecule is CC(=O)N[C@H](CC(=O)Oc1ccc2c(c1)OCO2)c1ccc(C)cc1. The van der Waals surface area contributed by atoms with Crippen LogP contribution in [0.3, 0.4) is 0 Å². The molecule has 1 heterocycles. The predicted octanol–water partition coefficient (Wildman–Crippen LogP) is 2.90. The first-order valence-electron chi connectivity index (χ1n) is 7.95. The first-order chi connectivity index (χ1) is 12.0. The lowest BCUT2D eigenvalue weighted by Crippen LogP contribution is -2.29. The largest absolute Gasteiger partial charge is 0.454 e. The highest BCUT2D eigenvalue weighted by Gasteiger charge is 2.20. The lowest BCUT2D eigenvalue weighted by molar-refractivity contribution is -0.135. The van der Waals surface area contributed by atoms with Crippen molar-refractivity contribution in [2.24, 2.45) is 0 Å². The van der Waals surface area contributed by atoms with Gasteiger partial charge in [0, 0.05) is 13.0 Å². The lowest BCUT2D eigenvalue weighted by Gasteiger charge is -2.18. The highest BCUT2D eigenvalue weighted by atomic mass is 16.7. The summed E-state index contributed by atoms with van der Waals surface area (Å²) >= 11 is 0. The van der Waals surface area contributed by atoms with E-state index in [1.165, 1.54) is 6.92 Å². The molecular formula is C19H19NO5. The van der Waals surface area contributed by atoms with Crippen LogP contribution in [0.4, 0.5) is 0 Å². The van der Waals surface area contributed by atoms with E-state index in [2.05, 4.69) is 5.32 Å². The van der Waals surface area contributed by atoms with Gasteiger partial charge in [-0.2, -0.15) is 0 Å². The fraction of sp³-hybridized carbons (Fsp3) is 0.263. The smallest absolute Gasteiger partial charge is 0.313 e. The number of hydrogen-bond donors (Lipinski definition) is 1. The summed E-state index contributed by atoms with van der Waals surface area (Å²) in [5.74, 6) is 0.886. The van der Waals surface area contributed by atoms with Gasteiger partial charge in [0.2, 0.25) is 12.7 Å². The van der Waals surface area contributed by atoms with E-state index in [0.717, 1.165) is 11.1 Å². The van der Waals surface area contributed by atoms with Crippen molar-refractivity contribution in [3.63, 3.8) is 0 Å². The van der Waals surface area contributed by atoms with E-state index in [0.29, 0.717) is 17.2 Å². The number of carbonyl (C=O) groups is 2. The summed E-state index contributed by atoms with van der Waals surface area (Å²) < 4.78 is 15.9. The van der Waals surface area contributed by atoms with Crippen molar-refractivity contribution in [1.82, 2.24) is 5.32 Å². The minimum Gasteiger partial charge on any atom is -0.454 e. The summed E-state index contributed by atoms with van der Waals surface area (Å²) in [6.45, 7) is 3.56. The van der Waals surface area contributed by atoms with Gasteiger partial charge in [-0.15, -0.1) is 0 Å². The van der Waals surface area contributed by atoms with E-state index >= 15 is 0 Å². The van der Waals surface area contributed by atoms with Crippen LogP contribution in [0.2, 0.25) is 0 Å². The van der Waals surface area contributed by atoms with Crippen LogP contribution >= 0.6 is 0 Å². The predicted molar refractivity (Wildman–Crippen MR) is 90.6 cm³/mol. The highest BCUT2D eigenvalue weighted by molar-refractivity contribution is 5.77. The zero-order chi connectivity index (χ0) is 17.8. The van der Waals surface area contributed by atoms with E-state index in [-0.39, 0.29) is 19.1 Å². The van der Waals surface area contributed by atoms with Crippen LogP contribution in [0, 0.1) is 6.92 Å². The molecule has 0 fully saturated rings. The van der Waals surface area contributed by atoms with Gasteiger partial charge in [0.25, 0.3) is 0 Å². The van der Waals surface area contributed by atoms with Crippen molar-refractivity contribution >= 4 is 11.9 Å². The Morgan fingerprint density at radius 1 is 1.12 bits per heavy atom. The van der Waals surface area contributed by atoms with Crippen molar-refractivity contribution in [3.05, 3.63) is 53.6 Å². The Balaban J connectivity index is 1.69. The number of fused-ring (bicyclic) bond motifs is 1. The number of rotatable bonds is 5. The minimum atomic E-state index is -0.446. The second-order valence-corrected chi connectivity index (χ2v) is 5.86. The Hall–Kier alpha value is -3.02. The molecule has 6 nitrogen and oxygen atoms in total. The lowest BCUT2D eigenvalue weighted by atomic mass is 10.0. The third kappa shape index (κ3) is 4.29. The summed E-state index contributed by atoms with van der Waals surface area (Å²) in [4.78, 5) is 23.8. The molecule has 1 N–H and O–H groups in total. The Kier molecular flexibility index (Phi) is 4.88. The molecule has 0 unspecified atom stereocenters. The summed E-state index contributed by atoms with van der Waals surface area (Å²) in [5, 5.41) is 2.79. The number of carbonyl (C=O) groups excluding carboxylic acids is 2. The van der Waals surface area contributed by atoms with Crippen LogP contribution in [0.15, 0.2) is 42.5 Å². The molecule has 0 saturated heterocycles. The molecule has 0 spiro atoms. The van der Waals surface area contributed by atoms with Gasteiger partial charge in [-0.1, -0.05) is 29.8 Å². The molecule has 0 saturated carbocycles. The molecule has 25 heavy (non-hydrogen) atoms. The summed E-state index contributed by atoms with van der Waals surface area (Å²) in [5.41, 5.74) is 1.96. The molecule has 0 radical (unpaired) electrons. The molecule has 6 heteroatoms. The number of aryl methyl sites for hydroxylation is 1. The van der Waals surface area contributed by atoms with Crippen LogP contribution in [0.1, 0.15) is 30.5 Å². The van der Waals surface area contributed by atoms with Gasteiger partial charge in [-0.05, 0) is 24.6 Å². The fourth-order valence-corrected chi connectivity index (χ4v) is 2.58. The quantitative estimate of drug-likeness (QED) is 0.669. The van der Waals surface area contributed by atoms with Crippen molar-refractivity contribution in [3.8, 4) is 17.2 Å². The van der Waals surface area contributed by atoms with Gasteiger partial charge in [-0.3, -0.25) is 9.59 Å². The van der Waals surface area contributed by atoms with Gasteiger partial charge in [0.15, 0.2) is 11.5 Å². The van der Waals surface area contributed by atoms with E-state index in [4.69, 9.17) is 14.2 Å². The second-order valence-electron chi connectivity index (χ2n) is 5.86. The zero-order valence-electron chi connectivity index (χ0n) is 14.1. The van der Waals surface area contributed by atoms with Crippen LogP contribution in [0.5, 0.6) is 17.2 Å². The molecule has 1 aliphatic heterocycles. The number of ether oxygens (including phenoxy) is 3. The van der Waals surface area contributed by atoms with E-state index in [1.807, 2.05) is 31.2 Å². The Morgan fingerprint density at radius 2 is 1.84 bits per heavy atom. The average molecular weight is 341 g/mol. The zero-order valence-corrected chi connectivity index (χ0v) is 14.1. The monoisotopic (exact) mass is 341 g/mol. The molecule has 130 valence electrons. The van der Waals surface area contributed by atoms with Crippen molar-refractivity contribution in [1.29, 1.82) is 0 Å². The first-order valence-corrected chi connectivity index (χ1v) is 7.95. The van der Waals surface area contributed by atoms with E-state index in [9.17, 15) is 9.59 Å². The molecule has 1 atom stereocenters. The Morgan fingerprint density at radius 3 is 2.56 bits per heavy atom. The molecule has 0 aromatic heterocycles. The average Bonchev–Trinajstić information content (AvgIpc) is 3.02. The standard InChI is InChI=1S/C19H19NO5/c1-12-3-5-14(6-4-12)16(20-13(2)21)10-19(22)25-15-7-8-17-18(9-15)24-11-23-17/h3-9,16H,10-11H2,1-2H3,(H,20,21)/t16-/m1/s1. The maximum absolute atomic E-state index is 12.3. The molecular weight excluding hydrogens is 322 g/mol. The van der Waals surface area contributed by atoms with Gasteiger partial charge >= 0.3 is 5.97 Å². The van der Waals surface area contributed by atoms with Gasteiger partial charge in [0.1, 0.15) is 5.75 Å². The Bertz CT molecular complexity index is 785. The van der Waals surface area contributed by atoms with E-state index < -0.39 is 12.0 Å². The van der Waals surface area contributed by atoms with Gasteiger partial charge in [0.05, 0.1) is 12.5 Å². The van der Waals surface area contributed by atoms with Crippen molar-refractivity contribution in [2.45, 2.75) is 26.3 Å². The topological polar surface area (TPSA) is 73.9 Å². The number of amides is 1. The molecule has 1 aliphatic rings. The maximum atomic E-state index is 12.3. The van der Waals surface area contributed by atoms with E-state index in [1.54, 1.807) is 18.2 Å². The van der Waals surface area contributed by atoms with Crippen LogP contribution in [-0.2, 0) is 9.59 Å². The normalized spacial score (nSPS) is 13.2. The van der Waals surface area contributed by atoms with Crippen LogP contribution in [-0.4, -0.2) is 18.7 Å². The highest BCUT2D eigenvalue weighted by Crippen LogP contribution is 2.35. The van der Waals surface area contributed by atoms with Crippen molar-refractivity contribution in [2.75, 3.05) is 6.79 Å². The first kappa shape index (κ1) is 16.8. The van der Waals surface area contributed by atoms with Crippen LogP contribution in [0.25, 0.3) is 0 Å². The number of benzene rings is 2. The Labute approximate surface area is 145 Å². The van der Waals surface area contributed by atoms with Gasteiger partial charge < -0.3 is 19.5 Å². The fourth-order valence-electron chi connectivity index (χ4n) is 2.58. The number of nitrogens with one attached hydrogen (secondary N) is 1. The summed E-state index contributed by atoms with van der Waals surface area (Å²) in [6.07, 6.45) is 0.0249. The van der Waals surface area contributed by atoms with Crippen LogP contribution < -0.4 is 19.5 Å². The number of esters is 1. The summed E-state index contributed by atoms with van der Waals surface area (Å²) in [6, 6.07) is 12.2. The second kappa shape index (κ2) is 7.25. The minimum absolute atomic E-state index is 0.0249. The maximum Gasteiger partial charge on any atom is 0.313 e.